The van der Waals surface area contributed by atoms with Gasteiger partial charge < -0.3 is 5.32 Å². The molecule has 0 saturated heterocycles. The molecule has 0 bridgehead atoms. The first-order chi connectivity index (χ1) is 8.98. The highest BCUT2D eigenvalue weighted by molar-refractivity contribution is 5.03. The van der Waals surface area contributed by atoms with Crippen molar-refractivity contribution in [1.82, 2.24) is 15.1 Å². The van der Waals surface area contributed by atoms with Crippen molar-refractivity contribution in [3.8, 4) is 0 Å². The smallest absolute Gasteiger partial charge is 0.316 e. The lowest BCUT2D eigenvalue weighted by atomic mass is 10.1. The molecule has 1 aliphatic carbocycles. The van der Waals surface area contributed by atoms with E-state index < -0.39 is 18.6 Å². The van der Waals surface area contributed by atoms with Crippen LogP contribution in [-0.4, -0.2) is 29.0 Å². The van der Waals surface area contributed by atoms with Crippen LogP contribution < -0.4 is 5.32 Å². The molecule has 1 aromatic rings. The molecule has 1 heterocycles. The quantitative estimate of drug-likeness (QED) is 0.895. The molecule has 0 aromatic carbocycles. The Morgan fingerprint density at radius 1 is 1.42 bits per heavy atom. The number of alkyl halides is 3. The van der Waals surface area contributed by atoms with E-state index in [9.17, 15) is 13.2 Å². The van der Waals surface area contributed by atoms with Crippen LogP contribution in [-0.2, 0) is 6.42 Å². The maximum Gasteiger partial charge on any atom is 0.390 e. The van der Waals surface area contributed by atoms with Gasteiger partial charge in [-0.1, -0.05) is 12.8 Å². The van der Waals surface area contributed by atoms with Gasteiger partial charge in [-0.2, -0.15) is 18.3 Å². The minimum absolute atomic E-state index is 0.315. The van der Waals surface area contributed by atoms with E-state index in [1.807, 2.05) is 16.9 Å². The molecule has 1 aromatic heterocycles. The van der Waals surface area contributed by atoms with Gasteiger partial charge in [-0.15, -0.1) is 0 Å². The Morgan fingerprint density at radius 2 is 2.11 bits per heavy atom. The van der Waals surface area contributed by atoms with E-state index in [1.165, 1.54) is 12.8 Å². The Bertz CT molecular complexity index is 394. The highest BCUT2D eigenvalue weighted by atomic mass is 19.4. The molecule has 1 saturated carbocycles. The van der Waals surface area contributed by atoms with E-state index >= 15 is 0 Å². The Kier molecular flexibility index (Phi) is 4.50. The summed E-state index contributed by atoms with van der Waals surface area (Å²) in [7, 11) is 1.56. The Hall–Kier alpha value is -1.04. The van der Waals surface area contributed by atoms with Crippen molar-refractivity contribution in [2.45, 2.75) is 56.8 Å². The Labute approximate surface area is 111 Å². The van der Waals surface area contributed by atoms with E-state index in [0.717, 1.165) is 18.5 Å². The fourth-order valence-corrected chi connectivity index (χ4v) is 2.67. The predicted molar refractivity (Wildman–Crippen MR) is 67.0 cm³/mol. The lowest BCUT2D eigenvalue weighted by Crippen LogP contribution is -2.33. The number of nitrogens with zero attached hydrogens (tertiary/aromatic N) is 2. The van der Waals surface area contributed by atoms with Crippen LogP contribution in [0.2, 0.25) is 0 Å². The van der Waals surface area contributed by atoms with Crippen LogP contribution in [0.25, 0.3) is 0 Å². The van der Waals surface area contributed by atoms with Crippen molar-refractivity contribution in [1.29, 1.82) is 0 Å². The molecule has 2 rings (SSSR count). The highest BCUT2D eigenvalue weighted by Crippen LogP contribution is 2.29. The van der Waals surface area contributed by atoms with Crippen LogP contribution in [0.15, 0.2) is 12.3 Å². The molecule has 1 N–H and O–H groups in total. The molecule has 1 atom stereocenters. The van der Waals surface area contributed by atoms with Gasteiger partial charge in [-0.25, -0.2) is 0 Å². The summed E-state index contributed by atoms with van der Waals surface area (Å²) < 4.78 is 39.1. The van der Waals surface area contributed by atoms with Crippen molar-refractivity contribution in [2.75, 3.05) is 7.05 Å². The molecular formula is C13H20F3N3. The van der Waals surface area contributed by atoms with E-state index in [2.05, 4.69) is 10.4 Å². The number of aromatic nitrogens is 2. The first kappa shape index (κ1) is 14.4. The monoisotopic (exact) mass is 275 g/mol. The minimum atomic E-state index is -4.14. The maximum atomic E-state index is 12.4. The summed E-state index contributed by atoms with van der Waals surface area (Å²) in [6.45, 7) is 0. The van der Waals surface area contributed by atoms with Crippen molar-refractivity contribution in [2.24, 2.45) is 0 Å². The number of hydrogen-bond acceptors (Lipinski definition) is 2. The number of nitrogens with one attached hydrogen (secondary N) is 1. The zero-order chi connectivity index (χ0) is 13.9. The second kappa shape index (κ2) is 5.94. The average molecular weight is 275 g/mol. The van der Waals surface area contributed by atoms with E-state index in [4.69, 9.17) is 0 Å². The third kappa shape index (κ3) is 4.23. The van der Waals surface area contributed by atoms with Crippen LogP contribution in [0.3, 0.4) is 0 Å². The van der Waals surface area contributed by atoms with Gasteiger partial charge in [0, 0.05) is 18.7 Å². The number of halogens is 3. The van der Waals surface area contributed by atoms with Gasteiger partial charge in [-0.05, 0) is 26.0 Å². The number of likely N-dealkylation sites (N-methyl/N-ethyl adjacent to an activating group) is 1. The largest absolute Gasteiger partial charge is 0.390 e. The molecule has 1 aliphatic rings. The topological polar surface area (TPSA) is 29.9 Å². The molecule has 3 nitrogen and oxygen atoms in total. The summed E-state index contributed by atoms with van der Waals surface area (Å²) in [6.07, 6.45) is 1.93. The minimum Gasteiger partial charge on any atom is -0.316 e. The van der Waals surface area contributed by atoms with Gasteiger partial charge in [0.2, 0.25) is 0 Å². The molecule has 1 unspecified atom stereocenters. The van der Waals surface area contributed by atoms with Gasteiger partial charge in [0.25, 0.3) is 0 Å². The van der Waals surface area contributed by atoms with Crippen LogP contribution in [0.1, 0.15) is 43.8 Å². The van der Waals surface area contributed by atoms with Crippen molar-refractivity contribution >= 4 is 0 Å². The summed E-state index contributed by atoms with van der Waals surface area (Å²) in [5, 5.41) is 7.14. The standard InChI is InChI=1S/C13H20F3N3/c1-17-11(9-13(14,15)16)8-10-6-7-19(18-10)12-4-2-3-5-12/h6-7,11-12,17H,2-5,8-9H2,1H3. The Morgan fingerprint density at radius 3 is 2.68 bits per heavy atom. The fraction of sp³-hybridized carbons (Fsp3) is 0.769. The zero-order valence-corrected chi connectivity index (χ0v) is 11.1. The van der Waals surface area contributed by atoms with Crippen LogP contribution in [0.5, 0.6) is 0 Å². The second-order valence-corrected chi connectivity index (χ2v) is 5.23. The molecule has 108 valence electrons. The predicted octanol–water partition coefficient (Wildman–Crippen LogP) is 3.08. The normalized spacial score (nSPS) is 18.9. The molecule has 0 aliphatic heterocycles. The van der Waals surface area contributed by atoms with Gasteiger partial charge in [0.1, 0.15) is 0 Å². The SMILES string of the molecule is CNC(Cc1ccn(C2CCCC2)n1)CC(F)(F)F. The molecule has 6 heteroatoms. The summed E-state index contributed by atoms with van der Waals surface area (Å²) in [6, 6.07) is 1.66. The summed E-state index contributed by atoms with van der Waals surface area (Å²) in [5.74, 6) is 0. The fourth-order valence-electron chi connectivity index (χ4n) is 2.67. The van der Waals surface area contributed by atoms with Crippen molar-refractivity contribution < 1.29 is 13.2 Å². The number of hydrogen-bond donors (Lipinski definition) is 1. The average Bonchev–Trinajstić information content (AvgIpc) is 2.95. The zero-order valence-electron chi connectivity index (χ0n) is 11.1. The summed E-state index contributed by atoms with van der Waals surface area (Å²) in [4.78, 5) is 0. The second-order valence-electron chi connectivity index (χ2n) is 5.23. The molecule has 19 heavy (non-hydrogen) atoms. The summed E-state index contributed by atoms with van der Waals surface area (Å²) in [5.41, 5.74) is 0.732. The van der Waals surface area contributed by atoms with E-state index in [-0.39, 0.29) is 0 Å². The van der Waals surface area contributed by atoms with E-state index in [0.29, 0.717) is 12.5 Å². The van der Waals surface area contributed by atoms with Crippen LogP contribution in [0.4, 0.5) is 13.2 Å². The van der Waals surface area contributed by atoms with Gasteiger partial charge in [-0.3, -0.25) is 4.68 Å². The van der Waals surface area contributed by atoms with Crippen molar-refractivity contribution in [3.05, 3.63) is 18.0 Å². The first-order valence-corrected chi connectivity index (χ1v) is 6.76. The van der Waals surface area contributed by atoms with E-state index in [1.54, 1.807) is 7.05 Å². The van der Waals surface area contributed by atoms with Gasteiger partial charge in [0.15, 0.2) is 0 Å². The molecule has 0 amide bonds. The Balaban J connectivity index is 1.94. The van der Waals surface area contributed by atoms with Gasteiger partial charge >= 0.3 is 6.18 Å². The van der Waals surface area contributed by atoms with Crippen LogP contribution >= 0.6 is 0 Å². The molecule has 0 spiro atoms. The van der Waals surface area contributed by atoms with Crippen molar-refractivity contribution in [3.63, 3.8) is 0 Å². The van der Waals surface area contributed by atoms with Crippen LogP contribution in [0, 0.1) is 0 Å². The highest BCUT2D eigenvalue weighted by Gasteiger charge is 2.31. The lowest BCUT2D eigenvalue weighted by molar-refractivity contribution is -0.139. The summed E-state index contributed by atoms with van der Waals surface area (Å²) >= 11 is 0. The van der Waals surface area contributed by atoms with Gasteiger partial charge in [0.05, 0.1) is 18.2 Å². The lowest BCUT2D eigenvalue weighted by Gasteiger charge is -2.17. The molecular weight excluding hydrogens is 255 g/mol. The third-order valence-electron chi connectivity index (χ3n) is 3.70. The molecule has 0 radical (unpaired) electrons. The third-order valence-corrected chi connectivity index (χ3v) is 3.70. The molecule has 1 fully saturated rings. The number of rotatable bonds is 5. The maximum absolute atomic E-state index is 12.4. The first-order valence-electron chi connectivity index (χ1n) is 6.76.